The van der Waals surface area contributed by atoms with Gasteiger partial charge >= 0.3 is 0 Å². The number of aromatic nitrogens is 2. The van der Waals surface area contributed by atoms with Crippen LogP contribution in [0.5, 0.6) is 0 Å². The number of carbonyl (C=O) groups excluding carboxylic acids is 1. The van der Waals surface area contributed by atoms with Crippen molar-refractivity contribution >= 4 is 17.5 Å². The number of anilines is 2. The van der Waals surface area contributed by atoms with Crippen molar-refractivity contribution < 1.29 is 4.79 Å². The molecule has 0 spiro atoms. The summed E-state index contributed by atoms with van der Waals surface area (Å²) in [7, 11) is 0. The number of hydrogen-bond acceptors (Lipinski definition) is 5. The van der Waals surface area contributed by atoms with Crippen molar-refractivity contribution in [2.45, 2.75) is 13.3 Å². The molecule has 2 N–H and O–H groups in total. The van der Waals surface area contributed by atoms with Crippen LogP contribution in [0.25, 0.3) is 0 Å². The van der Waals surface area contributed by atoms with E-state index in [-0.39, 0.29) is 11.6 Å². The minimum atomic E-state index is -0.318. The summed E-state index contributed by atoms with van der Waals surface area (Å²) in [4.78, 5) is 20.3. The van der Waals surface area contributed by atoms with Crippen molar-refractivity contribution in [1.29, 1.82) is 5.26 Å². The molecular formula is C15H15N5O. The summed E-state index contributed by atoms with van der Waals surface area (Å²) in [5, 5.41) is 14.5. The molecule has 0 saturated heterocycles. The van der Waals surface area contributed by atoms with Gasteiger partial charge in [-0.2, -0.15) is 5.26 Å². The van der Waals surface area contributed by atoms with Gasteiger partial charge in [0, 0.05) is 18.4 Å². The maximum absolute atomic E-state index is 12.1. The predicted octanol–water partition coefficient (Wildman–Crippen LogP) is 2.42. The van der Waals surface area contributed by atoms with Crippen molar-refractivity contribution in [3.05, 3.63) is 47.8 Å². The Kier molecular flexibility index (Phi) is 4.83. The van der Waals surface area contributed by atoms with Crippen LogP contribution in [-0.2, 0) is 0 Å². The normalized spacial score (nSPS) is 9.71. The smallest absolute Gasteiger partial charge is 0.274 e. The SMILES string of the molecule is CCCNc1nccc(C(=O)Nc2ccc(C#N)cc2)n1. The molecule has 0 unspecified atom stereocenters. The second-order valence-corrected chi connectivity index (χ2v) is 4.34. The van der Waals surface area contributed by atoms with E-state index in [2.05, 4.69) is 20.6 Å². The highest BCUT2D eigenvalue weighted by molar-refractivity contribution is 6.02. The predicted molar refractivity (Wildman–Crippen MR) is 79.9 cm³/mol. The van der Waals surface area contributed by atoms with Gasteiger partial charge in [-0.25, -0.2) is 9.97 Å². The lowest BCUT2D eigenvalue weighted by atomic mass is 10.2. The van der Waals surface area contributed by atoms with Gasteiger partial charge < -0.3 is 10.6 Å². The van der Waals surface area contributed by atoms with Gasteiger partial charge in [0.25, 0.3) is 5.91 Å². The minimum Gasteiger partial charge on any atom is -0.354 e. The molecule has 106 valence electrons. The summed E-state index contributed by atoms with van der Waals surface area (Å²) in [6, 6.07) is 10.2. The van der Waals surface area contributed by atoms with Gasteiger partial charge in [-0.15, -0.1) is 0 Å². The molecule has 1 amide bonds. The molecule has 0 aliphatic heterocycles. The molecular weight excluding hydrogens is 266 g/mol. The van der Waals surface area contributed by atoms with Crippen LogP contribution in [0.4, 0.5) is 11.6 Å². The van der Waals surface area contributed by atoms with Crippen LogP contribution >= 0.6 is 0 Å². The van der Waals surface area contributed by atoms with Gasteiger partial charge in [-0.3, -0.25) is 4.79 Å². The quantitative estimate of drug-likeness (QED) is 0.878. The molecule has 0 aliphatic carbocycles. The Labute approximate surface area is 122 Å². The molecule has 2 rings (SSSR count). The average molecular weight is 281 g/mol. The van der Waals surface area contributed by atoms with Gasteiger partial charge in [-0.05, 0) is 36.8 Å². The molecule has 21 heavy (non-hydrogen) atoms. The highest BCUT2D eigenvalue weighted by Crippen LogP contribution is 2.10. The maximum atomic E-state index is 12.1. The highest BCUT2D eigenvalue weighted by Gasteiger charge is 2.09. The number of amides is 1. The van der Waals surface area contributed by atoms with Crippen molar-refractivity contribution in [2.75, 3.05) is 17.2 Å². The lowest BCUT2D eigenvalue weighted by Gasteiger charge is -2.06. The van der Waals surface area contributed by atoms with Crippen LogP contribution in [-0.4, -0.2) is 22.4 Å². The van der Waals surface area contributed by atoms with Crippen molar-refractivity contribution in [1.82, 2.24) is 9.97 Å². The zero-order valence-corrected chi connectivity index (χ0v) is 11.6. The lowest BCUT2D eigenvalue weighted by molar-refractivity contribution is 0.102. The Morgan fingerprint density at radius 3 is 2.71 bits per heavy atom. The second-order valence-electron chi connectivity index (χ2n) is 4.34. The highest BCUT2D eigenvalue weighted by atomic mass is 16.1. The van der Waals surface area contributed by atoms with E-state index in [0.29, 0.717) is 17.2 Å². The summed E-state index contributed by atoms with van der Waals surface area (Å²) in [6.45, 7) is 2.79. The molecule has 6 heteroatoms. The van der Waals surface area contributed by atoms with E-state index >= 15 is 0 Å². The monoisotopic (exact) mass is 281 g/mol. The van der Waals surface area contributed by atoms with Crippen molar-refractivity contribution in [2.24, 2.45) is 0 Å². The van der Waals surface area contributed by atoms with E-state index in [4.69, 9.17) is 5.26 Å². The van der Waals surface area contributed by atoms with Gasteiger partial charge in [0.15, 0.2) is 0 Å². The second kappa shape index (κ2) is 7.01. The Bertz CT molecular complexity index is 661. The van der Waals surface area contributed by atoms with Crippen LogP contribution < -0.4 is 10.6 Å². The third kappa shape index (κ3) is 4.01. The van der Waals surface area contributed by atoms with Crippen LogP contribution in [0.3, 0.4) is 0 Å². The molecule has 6 nitrogen and oxygen atoms in total. The average Bonchev–Trinajstić information content (AvgIpc) is 2.54. The first-order valence-corrected chi connectivity index (χ1v) is 6.61. The molecule has 0 fully saturated rings. The number of nitriles is 1. The van der Waals surface area contributed by atoms with Crippen LogP contribution in [0.15, 0.2) is 36.5 Å². The molecule has 0 bridgehead atoms. The topological polar surface area (TPSA) is 90.7 Å². The zero-order valence-electron chi connectivity index (χ0n) is 11.6. The number of hydrogen-bond donors (Lipinski definition) is 2. The van der Waals surface area contributed by atoms with Gasteiger partial charge in [0.05, 0.1) is 11.6 Å². The number of carbonyl (C=O) groups is 1. The molecule has 0 atom stereocenters. The maximum Gasteiger partial charge on any atom is 0.274 e. The first kappa shape index (κ1) is 14.5. The number of nitrogens with one attached hydrogen (secondary N) is 2. The minimum absolute atomic E-state index is 0.285. The first-order chi connectivity index (χ1) is 10.2. The summed E-state index contributed by atoms with van der Waals surface area (Å²) < 4.78 is 0. The summed E-state index contributed by atoms with van der Waals surface area (Å²) in [5.41, 5.74) is 1.44. The summed E-state index contributed by atoms with van der Waals surface area (Å²) in [6.07, 6.45) is 2.49. The van der Waals surface area contributed by atoms with Gasteiger partial charge in [-0.1, -0.05) is 6.92 Å². The summed E-state index contributed by atoms with van der Waals surface area (Å²) in [5.74, 6) is 0.117. The fourth-order valence-electron chi connectivity index (χ4n) is 1.63. The van der Waals surface area contributed by atoms with E-state index < -0.39 is 0 Å². The molecule has 0 aliphatic rings. The van der Waals surface area contributed by atoms with E-state index in [1.165, 1.54) is 0 Å². The fraction of sp³-hybridized carbons (Fsp3) is 0.200. The van der Waals surface area contributed by atoms with Gasteiger partial charge in [0.2, 0.25) is 5.95 Å². The molecule has 1 heterocycles. The van der Waals surface area contributed by atoms with Crippen LogP contribution in [0.2, 0.25) is 0 Å². The molecule has 1 aromatic carbocycles. The third-order valence-corrected chi connectivity index (χ3v) is 2.69. The third-order valence-electron chi connectivity index (χ3n) is 2.69. The van der Waals surface area contributed by atoms with Crippen LogP contribution in [0.1, 0.15) is 29.4 Å². The number of rotatable bonds is 5. The van der Waals surface area contributed by atoms with E-state index in [0.717, 1.165) is 13.0 Å². The number of benzene rings is 1. The van der Waals surface area contributed by atoms with Crippen molar-refractivity contribution in [3.63, 3.8) is 0 Å². The van der Waals surface area contributed by atoms with Crippen LogP contribution in [0, 0.1) is 11.3 Å². The molecule has 0 radical (unpaired) electrons. The zero-order chi connectivity index (χ0) is 15.1. The summed E-state index contributed by atoms with van der Waals surface area (Å²) >= 11 is 0. The fourth-order valence-corrected chi connectivity index (χ4v) is 1.63. The Morgan fingerprint density at radius 1 is 1.29 bits per heavy atom. The standard InChI is InChI=1S/C15H15N5O/c1-2-8-17-15-18-9-7-13(20-15)14(21)19-12-5-3-11(10-16)4-6-12/h3-7,9H,2,8H2,1H3,(H,19,21)(H,17,18,20). The number of nitrogens with zero attached hydrogens (tertiary/aromatic N) is 3. The van der Waals surface area contributed by atoms with E-state index in [1.54, 1.807) is 36.5 Å². The van der Waals surface area contributed by atoms with E-state index in [1.807, 2.05) is 13.0 Å². The molecule has 2 aromatic rings. The molecule has 0 saturated carbocycles. The lowest BCUT2D eigenvalue weighted by Crippen LogP contribution is -2.15. The van der Waals surface area contributed by atoms with Gasteiger partial charge in [0.1, 0.15) is 5.69 Å². The van der Waals surface area contributed by atoms with Crippen molar-refractivity contribution in [3.8, 4) is 6.07 Å². The Morgan fingerprint density at radius 2 is 2.05 bits per heavy atom. The van der Waals surface area contributed by atoms with E-state index in [9.17, 15) is 4.79 Å². The Balaban J connectivity index is 2.07. The Hall–Kier alpha value is -2.94. The molecule has 1 aromatic heterocycles. The largest absolute Gasteiger partial charge is 0.354 e. The first-order valence-electron chi connectivity index (χ1n) is 6.61.